The molecule has 1 unspecified atom stereocenters. The minimum absolute atomic E-state index is 0.346. The van der Waals surface area contributed by atoms with Crippen LogP contribution >= 0.6 is 11.8 Å². The van der Waals surface area contributed by atoms with Gasteiger partial charge >= 0.3 is 0 Å². The molecule has 0 amide bonds. The van der Waals surface area contributed by atoms with Crippen LogP contribution in [0.3, 0.4) is 0 Å². The normalized spacial score (nSPS) is 19.9. The first kappa shape index (κ1) is 15.8. The molecule has 0 saturated carbocycles. The predicted octanol–water partition coefficient (Wildman–Crippen LogP) is 1.97. The van der Waals surface area contributed by atoms with Crippen LogP contribution in [-0.4, -0.2) is 33.0 Å². The summed E-state index contributed by atoms with van der Waals surface area (Å²) in [6.07, 6.45) is 3.56. The Morgan fingerprint density at radius 2 is 2.00 bits per heavy atom. The van der Waals surface area contributed by atoms with E-state index in [0.717, 1.165) is 24.3 Å². The van der Waals surface area contributed by atoms with Crippen molar-refractivity contribution in [3.8, 4) is 0 Å². The standard InChI is InChI=1S/C14H22N2O2S2/c1-15-10-12-5-7-14(8-6-12)20(17,18)16-11-13-4-2-3-9-19-13/h5-8,13,15-16H,2-4,9-11H2,1H3. The number of benzene rings is 1. The van der Waals surface area contributed by atoms with Gasteiger partial charge in [-0.25, -0.2) is 13.1 Å². The largest absolute Gasteiger partial charge is 0.316 e. The number of hydrogen-bond acceptors (Lipinski definition) is 4. The van der Waals surface area contributed by atoms with E-state index in [1.807, 2.05) is 30.9 Å². The summed E-state index contributed by atoms with van der Waals surface area (Å²) in [5, 5.41) is 3.46. The van der Waals surface area contributed by atoms with Gasteiger partial charge in [-0.3, -0.25) is 0 Å². The fourth-order valence-electron chi connectivity index (χ4n) is 2.24. The van der Waals surface area contributed by atoms with E-state index in [-0.39, 0.29) is 0 Å². The van der Waals surface area contributed by atoms with E-state index in [9.17, 15) is 8.42 Å². The Balaban J connectivity index is 1.94. The zero-order chi connectivity index (χ0) is 14.4. The molecule has 2 rings (SSSR count). The number of sulfonamides is 1. The van der Waals surface area contributed by atoms with Crippen molar-refractivity contribution in [3.05, 3.63) is 29.8 Å². The van der Waals surface area contributed by atoms with Crippen LogP contribution in [0.1, 0.15) is 24.8 Å². The van der Waals surface area contributed by atoms with E-state index in [1.54, 1.807) is 12.1 Å². The van der Waals surface area contributed by atoms with Gasteiger partial charge in [-0.15, -0.1) is 0 Å². The Kier molecular flexibility index (Phi) is 5.89. The molecule has 0 spiro atoms. The molecule has 0 radical (unpaired) electrons. The molecule has 6 heteroatoms. The van der Waals surface area contributed by atoms with Crippen molar-refractivity contribution in [2.75, 3.05) is 19.3 Å². The van der Waals surface area contributed by atoms with Crippen LogP contribution in [0.4, 0.5) is 0 Å². The first-order valence-corrected chi connectivity index (χ1v) is 9.50. The topological polar surface area (TPSA) is 58.2 Å². The van der Waals surface area contributed by atoms with Gasteiger partial charge in [-0.2, -0.15) is 11.8 Å². The van der Waals surface area contributed by atoms with Gasteiger partial charge in [0.1, 0.15) is 0 Å². The van der Waals surface area contributed by atoms with Crippen LogP contribution in [0, 0.1) is 0 Å². The summed E-state index contributed by atoms with van der Waals surface area (Å²) in [4.78, 5) is 0.346. The number of nitrogens with one attached hydrogen (secondary N) is 2. The molecule has 1 aromatic carbocycles. The molecule has 1 heterocycles. The Morgan fingerprint density at radius 3 is 2.60 bits per heavy atom. The summed E-state index contributed by atoms with van der Waals surface area (Å²) in [5.41, 5.74) is 1.08. The van der Waals surface area contributed by atoms with Gasteiger partial charge in [0.25, 0.3) is 0 Å². The highest BCUT2D eigenvalue weighted by Crippen LogP contribution is 2.24. The van der Waals surface area contributed by atoms with Crippen LogP contribution in [0.15, 0.2) is 29.2 Å². The lowest BCUT2D eigenvalue weighted by Crippen LogP contribution is -2.32. The van der Waals surface area contributed by atoms with Crippen molar-refractivity contribution in [2.24, 2.45) is 0 Å². The summed E-state index contributed by atoms with van der Waals surface area (Å²) in [6, 6.07) is 7.03. The average molecular weight is 314 g/mol. The fourth-order valence-corrected chi connectivity index (χ4v) is 4.67. The molecule has 0 aliphatic carbocycles. The molecular formula is C14H22N2O2S2. The second-order valence-electron chi connectivity index (χ2n) is 5.01. The lowest BCUT2D eigenvalue weighted by atomic mass is 10.2. The van der Waals surface area contributed by atoms with E-state index in [2.05, 4.69) is 10.0 Å². The van der Waals surface area contributed by atoms with E-state index in [0.29, 0.717) is 16.7 Å². The highest BCUT2D eigenvalue weighted by molar-refractivity contribution is 8.00. The zero-order valence-electron chi connectivity index (χ0n) is 11.8. The smallest absolute Gasteiger partial charge is 0.240 e. The van der Waals surface area contributed by atoms with Gasteiger partial charge in [0.05, 0.1) is 4.90 Å². The summed E-state index contributed by atoms with van der Waals surface area (Å²) < 4.78 is 27.1. The van der Waals surface area contributed by atoms with Crippen molar-refractivity contribution >= 4 is 21.8 Å². The first-order chi connectivity index (χ1) is 9.62. The Labute approximate surface area is 125 Å². The quantitative estimate of drug-likeness (QED) is 0.843. The number of rotatable bonds is 6. The second-order valence-corrected chi connectivity index (χ2v) is 8.19. The van der Waals surface area contributed by atoms with Crippen LogP contribution in [0.25, 0.3) is 0 Å². The van der Waals surface area contributed by atoms with E-state index >= 15 is 0 Å². The zero-order valence-corrected chi connectivity index (χ0v) is 13.4. The number of hydrogen-bond donors (Lipinski definition) is 2. The monoisotopic (exact) mass is 314 g/mol. The average Bonchev–Trinajstić information content (AvgIpc) is 2.47. The summed E-state index contributed by atoms with van der Waals surface area (Å²) >= 11 is 1.87. The van der Waals surface area contributed by atoms with Gasteiger partial charge in [-0.05, 0) is 43.3 Å². The lowest BCUT2D eigenvalue weighted by molar-refractivity contribution is 0.573. The molecule has 1 aliphatic heterocycles. The van der Waals surface area contributed by atoms with Gasteiger partial charge in [-0.1, -0.05) is 18.6 Å². The van der Waals surface area contributed by atoms with E-state index in [4.69, 9.17) is 0 Å². The molecule has 1 aromatic rings. The third kappa shape index (κ3) is 4.48. The van der Waals surface area contributed by atoms with Crippen LogP contribution in [-0.2, 0) is 16.6 Å². The Morgan fingerprint density at radius 1 is 1.25 bits per heavy atom. The lowest BCUT2D eigenvalue weighted by Gasteiger charge is -2.21. The van der Waals surface area contributed by atoms with Gasteiger partial charge in [0.15, 0.2) is 0 Å². The molecule has 20 heavy (non-hydrogen) atoms. The van der Waals surface area contributed by atoms with E-state index < -0.39 is 10.0 Å². The van der Waals surface area contributed by atoms with E-state index in [1.165, 1.54) is 12.8 Å². The SMILES string of the molecule is CNCc1ccc(S(=O)(=O)NCC2CCCCS2)cc1. The minimum atomic E-state index is -3.38. The maximum Gasteiger partial charge on any atom is 0.240 e. The third-order valence-electron chi connectivity index (χ3n) is 3.39. The second kappa shape index (κ2) is 7.45. The van der Waals surface area contributed by atoms with Crippen LogP contribution in [0.2, 0.25) is 0 Å². The molecule has 1 aliphatic rings. The molecule has 4 nitrogen and oxygen atoms in total. The molecule has 0 aromatic heterocycles. The Bertz CT molecular complexity index is 508. The molecule has 0 bridgehead atoms. The van der Waals surface area contributed by atoms with Crippen LogP contribution < -0.4 is 10.0 Å². The highest BCUT2D eigenvalue weighted by atomic mass is 32.2. The maximum atomic E-state index is 12.2. The molecular weight excluding hydrogens is 292 g/mol. The molecule has 2 N–H and O–H groups in total. The van der Waals surface area contributed by atoms with Crippen molar-refractivity contribution < 1.29 is 8.42 Å². The van der Waals surface area contributed by atoms with Crippen molar-refractivity contribution in [1.82, 2.24) is 10.0 Å². The fraction of sp³-hybridized carbons (Fsp3) is 0.571. The van der Waals surface area contributed by atoms with Crippen molar-refractivity contribution in [2.45, 2.75) is 36.0 Å². The maximum absolute atomic E-state index is 12.2. The molecule has 1 fully saturated rings. The first-order valence-electron chi connectivity index (χ1n) is 6.96. The van der Waals surface area contributed by atoms with Crippen LogP contribution in [0.5, 0.6) is 0 Å². The van der Waals surface area contributed by atoms with Gasteiger partial charge in [0.2, 0.25) is 10.0 Å². The van der Waals surface area contributed by atoms with Gasteiger partial charge in [0, 0.05) is 18.3 Å². The van der Waals surface area contributed by atoms with Crippen molar-refractivity contribution in [1.29, 1.82) is 0 Å². The molecule has 112 valence electrons. The minimum Gasteiger partial charge on any atom is -0.316 e. The Hall–Kier alpha value is -0.560. The highest BCUT2D eigenvalue weighted by Gasteiger charge is 2.19. The van der Waals surface area contributed by atoms with Crippen molar-refractivity contribution in [3.63, 3.8) is 0 Å². The summed E-state index contributed by atoms with van der Waals surface area (Å²) in [5.74, 6) is 1.14. The third-order valence-corrected chi connectivity index (χ3v) is 6.23. The summed E-state index contributed by atoms with van der Waals surface area (Å²) in [7, 11) is -1.51. The van der Waals surface area contributed by atoms with Gasteiger partial charge < -0.3 is 5.32 Å². The molecule has 1 saturated heterocycles. The predicted molar refractivity (Wildman–Crippen MR) is 84.5 cm³/mol. The summed E-state index contributed by atoms with van der Waals surface area (Å²) in [6.45, 7) is 1.28. The number of thioether (sulfide) groups is 1. The molecule has 1 atom stereocenters.